The summed E-state index contributed by atoms with van der Waals surface area (Å²) in [6, 6.07) is 1.42. The molecule has 8 heteroatoms. The standard InChI is InChI=1S/C15H23N5O3/c1-10(2)13-5-12(23-19-13)7-16-14(21)17-9-15(3,22)11-6-18-20(4)8-11/h5-6,8,10,22H,7,9H2,1-4H3,(H2,16,17,21)/t15-/m0/s1. The summed E-state index contributed by atoms with van der Waals surface area (Å²) in [5, 5.41) is 23.6. The number of carbonyl (C=O) groups excluding carboxylic acids is 1. The Kier molecular flexibility index (Phi) is 5.05. The van der Waals surface area contributed by atoms with E-state index in [0.717, 1.165) is 5.69 Å². The SMILES string of the molecule is CC(C)c1cc(CNC(=O)NC[C@](C)(O)c2cnn(C)c2)on1. The first-order valence-corrected chi connectivity index (χ1v) is 7.46. The first kappa shape index (κ1) is 17.0. The number of hydrogen-bond donors (Lipinski definition) is 3. The maximum Gasteiger partial charge on any atom is 0.315 e. The van der Waals surface area contributed by atoms with Crippen molar-refractivity contribution in [1.29, 1.82) is 0 Å². The van der Waals surface area contributed by atoms with Crippen LogP contribution in [0.4, 0.5) is 4.79 Å². The summed E-state index contributed by atoms with van der Waals surface area (Å²) in [5.41, 5.74) is 0.293. The molecule has 0 spiro atoms. The van der Waals surface area contributed by atoms with Gasteiger partial charge in [0.05, 0.1) is 25.0 Å². The highest BCUT2D eigenvalue weighted by Crippen LogP contribution is 2.18. The fourth-order valence-corrected chi connectivity index (χ4v) is 1.97. The first-order chi connectivity index (χ1) is 10.8. The summed E-state index contributed by atoms with van der Waals surface area (Å²) >= 11 is 0. The van der Waals surface area contributed by atoms with E-state index in [9.17, 15) is 9.90 Å². The van der Waals surface area contributed by atoms with Crippen LogP contribution in [0.5, 0.6) is 0 Å². The number of nitrogens with one attached hydrogen (secondary N) is 2. The van der Waals surface area contributed by atoms with Crippen molar-refractivity contribution in [3.05, 3.63) is 35.5 Å². The maximum absolute atomic E-state index is 11.8. The van der Waals surface area contributed by atoms with Gasteiger partial charge in [0.2, 0.25) is 0 Å². The Morgan fingerprint density at radius 2 is 2.22 bits per heavy atom. The second-order valence-corrected chi connectivity index (χ2v) is 6.09. The number of amides is 2. The van der Waals surface area contributed by atoms with Crippen molar-refractivity contribution in [2.45, 2.75) is 38.8 Å². The molecule has 0 aliphatic heterocycles. The van der Waals surface area contributed by atoms with E-state index < -0.39 is 11.6 Å². The van der Waals surface area contributed by atoms with Crippen molar-refractivity contribution in [3.63, 3.8) is 0 Å². The zero-order valence-electron chi connectivity index (χ0n) is 13.8. The summed E-state index contributed by atoms with van der Waals surface area (Å²) < 4.78 is 6.74. The Hall–Kier alpha value is -2.35. The number of hydrogen-bond acceptors (Lipinski definition) is 5. The fraction of sp³-hybridized carbons (Fsp3) is 0.533. The molecular formula is C15H23N5O3. The number of aromatic nitrogens is 3. The smallest absolute Gasteiger partial charge is 0.315 e. The number of aliphatic hydroxyl groups is 1. The van der Waals surface area contributed by atoms with Crippen molar-refractivity contribution in [2.75, 3.05) is 6.54 Å². The van der Waals surface area contributed by atoms with Crippen LogP contribution < -0.4 is 10.6 Å². The minimum absolute atomic E-state index is 0.0676. The van der Waals surface area contributed by atoms with Gasteiger partial charge >= 0.3 is 6.03 Å². The van der Waals surface area contributed by atoms with Gasteiger partial charge in [0.1, 0.15) is 5.60 Å². The maximum atomic E-state index is 11.8. The lowest BCUT2D eigenvalue weighted by molar-refractivity contribution is 0.0593. The van der Waals surface area contributed by atoms with E-state index in [1.165, 1.54) is 0 Å². The normalized spacial score (nSPS) is 13.8. The topological polar surface area (TPSA) is 105 Å². The Bertz CT molecular complexity index is 660. The third-order valence-corrected chi connectivity index (χ3v) is 3.51. The molecule has 1 atom stereocenters. The number of aryl methyl sites for hydroxylation is 1. The molecule has 2 rings (SSSR count). The molecule has 0 aliphatic rings. The van der Waals surface area contributed by atoms with E-state index in [-0.39, 0.29) is 19.0 Å². The molecule has 0 saturated heterocycles. The molecule has 8 nitrogen and oxygen atoms in total. The molecule has 0 saturated carbocycles. The molecule has 0 unspecified atom stereocenters. The van der Waals surface area contributed by atoms with Crippen LogP contribution in [-0.2, 0) is 19.2 Å². The van der Waals surface area contributed by atoms with Crippen molar-refractivity contribution in [1.82, 2.24) is 25.6 Å². The molecule has 0 radical (unpaired) electrons. The number of urea groups is 1. The molecule has 0 aromatic carbocycles. The molecule has 2 heterocycles. The third kappa shape index (κ3) is 4.56. The van der Waals surface area contributed by atoms with Crippen LogP contribution in [0.3, 0.4) is 0 Å². The van der Waals surface area contributed by atoms with Gasteiger partial charge in [-0.3, -0.25) is 4.68 Å². The van der Waals surface area contributed by atoms with Crippen molar-refractivity contribution >= 4 is 6.03 Å². The van der Waals surface area contributed by atoms with Crippen molar-refractivity contribution in [3.8, 4) is 0 Å². The molecule has 0 fully saturated rings. The molecule has 3 N–H and O–H groups in total. The largest absolute Gasteiger partial charge is 0.383 e. The van der Waals surface area contributed by atoms with Gasteiger partial charge < -0.3 is 20.3 Å². The fourth-order valence-electron chi connectivity index (χ4n) is 1.97. The van der Waals surface area contributed by atoms with Crippen molar-refractivity contribution < 1.29 is 14.4 Å². The zero-order valence-corrected chi connectivity index (χ0v) is 13.8. The Morgan fingerprint density at radius 3 is 2.78 bits per heavy atom. The summed E-state index contributed by atoms with van der Waals surface area (Å²) in [6.07, 6.45) is 3.28. The molecule has 0 bridgehead atoms. The minimum Gasteiger partial charge on any atom is -0.383 e. The van der Waals surface area contributed by atoms with E-state index in [4.69, 9.17) is 4.52 Å². The van der Waals surface area contributed by atoms with Gasteiger partial charge in [0, 0.05) is 24.9 Å². The lowest BCUT2D eigenvalue weighted by Crippen LogP contribution is -2.43. The Morgan fingerprint density at radius 1 is 1.48 bits per heavy atom. The van der Waals surface area contributed by atoms with Gasteiger partial charge in [-0.25, -0.2) is 4.79 Å². The number of rotatable bonds is 6. The summed E-state index contributed by atoms with van der Waals surface area (Å²) in [6.45, 7) is 5.96. The van der Waals surface area contributed by atoms with Gasteiger partial charge in [0.15, 0.2) is 5.76 Å². The van der Waals surface area contributed by atoms with Crippen LogP contribution in [-0.4, -0.2) is 32.6 Å². The highest BCUT2D eigenvalue weighted by Gasteiger charge is 2.25. The minimum atomic E-state index is -1.19. The number of carbonyl (C=O) groups is 1. The molecule has 0 aliphatic carbocycles. The highest BCUT2D eigenvalue weighted by molar-refractivity contribution is 5.73. The average molecular weight is 321 g/mol. The van der Waals surface area contributed by atoms with Gasteiger partial charge in [-0.05, 0) is 12.8 Å². The average Bonchev–Trinajstić information content (AvgIpc) is 3.12. The lowest BCUT2D eigenvalue weighted by Gasteiger charge is -2.22. The van der Waals surface area contributed by atoms with Gasteiger partial charge in [0.25, 0.3) is 0 Å². The monoisotopic (exact) mass is 321 g/mol. The Labute approximate surface area is 134 Å². The van der Waals surface area contributed by atoms with E-state index in [1.54, 1.807) is 31.0 Å². The van der Waals surface area contributed by atoms with Gasteiger partial charge in [-0.15, -0.1) is 0 Å². The van der Waals surface area contributed by atoms with Gasteiger partial charge in [-0.1, -0.05) is 19.0 Å². The summed E-state index contributed by atoms with van der Waals surface area (Å²) in [7, 11) is 1.77. The van der Waals surface area contributed by atoms with E-state index in [0.29, 0.717) is 11.3 Å². The number of nitrogens with zero attached hydrogens (tertiary/aromatic N) is 3. The molecule has 2 amide bonds. The van der Waals surface area contributed by atoms with Crippen molar-refractivity contribution in [2.24, 2.45) is 7.05 Å². The lowest BCUT2D eigenvalue weighted by atomic mass is 10.00. The molecule has 23 heavy (non-hydrogen) atoms. The van der Waals surface area contributed by atoms with Crippen LogP contribution in [0.1, 0.15) is 43.7 Å². The van der Waals surface area contributed by atoms with Crippen LogP contribution in [0.25, 0.3) is 0 Å². The van der Waals surface area contributed by atoms with E-state index in [2.05, 4.69) is 20.9 Å². The molecule has 2 aromatic heterocycles. The quantitative estimate of drug-likeness (QED) is 0.742. The van der Waals surface area contributed by atoms with E-state index >= 15 is 0 Å². The molecular weight excluding hydrogens is 298 g/mol. The Balaban J connectivity index is 1.80. The second kappa shape index (κ2) is 6.82. The first-order valence-electron chi connectivity index (χ1n) is 7.46. The molecule has 2 aromatic rings. The summed E-state index contributed by atoms with van der Waals surface area (Å²) in [4.78, 5) is 11.8. The van der Waals surface area contributed by atoms with Crippen LogP contribution in [0.2, 0.25) is 0 Å². The van der Waals surface area contributed by atoms with Crippen LogP contribution in [0.15, 0.2) is 23.0 Å². The van der Waals surface area contributed by atoms with Gasteiger partial charge in [-0.2, -0.15) is 5.10 Å². The predicted molar refractivity (Wildman–Crippen MR) is 83.6 cm³/mol. The third-order valence-electron chi connectivity index (χ3n) is 3.51. The van der Waals surface area contributed by atoms with E-state index in [1.807, 2.05) is 19.9 Å². The van der Waals surface area contributed by atoms with Crippen LogP contribution >= 0.6 is 0 Å². The van der Waals surface area contributed by atoms with Crippen LogP contribution in [0, 0.1) is 0 Å². The zero-order chi connectivity index (χ0) is 17.0. The predicted octanol–water partition coefficient (Wildman–Crippen LogP) is 1.24. The molecule has 126 valence electrons. The highest BCUT2D eigenvalue weighted by atomic mass is 16.5. The second-order valence-electron chi connectivity index (χ2n) is 6.09. The summed E-state index contributed by atoms with van der Waals surface area (Å²) in [5.74, 6) is 0.860.